The van der Waals surface area contributed by atoms with Gasteiger partial charge < -0.3 is 14.8 Å². The second kappa shape index (κ2) is 16.1. The molecule has 1 aliphatic rings. The minimum Gasteiger partial charge on any atom is -0.493 e. The number of rotatable bonds is 15. The summed E-state index contributed by atoms with van der Waals surface area (Å²) >= 11 is 0. The third-order valence-corrected chi connectivity index (χ3v) is 10.0. The number of amides is 1. The Morgan fingerprint density at radius 1 is 0.851 bits per heavy atom. The maximum atomic E-state index is 13.3. The number of aryl methyl sites for hydroxylation is 1. The van der Waals surface area contributed by atoms with E-state index in [1.54, 1.807) is 26.4 Å². The van der Waals surface area contributed by atoms with Crippen molar-refractivity contribution >= 4 is 5.91 Å². The third-order valence-electron chi connectivity index (χ3n) is 10.0. The number of nitrogens with one attached hydrogen (secondary N) is 1. The Hall–Kier alpha value is -4.16. The van der Waals surface area contributed by atoms with Crippen LogP contribution >= 0.6 is 0 Å². The smallest absolute Gasteiger partial charge is 0.220 e. The first-order valence-corrected chi connectivity index (χ1v) is 17.0. The maximum absolute atomic E-state index is 13.3. The lowest BCUT2D eigenvalue weighted by Gasteiger charge is -2.42. The van der Waals surface area contributed by atoms with Crippen molar-refractivity contribution < 1.29 is 18.7 Å². The van der Waals surface area contributed by atoms with Crippen molar-refractivity contribution in [3.63, 3.8) is 0 Å². The van der Waals surface area contributed by atoms with E-state index in [9.17, 15) is 9.18 Å². The summed E-state index contributed by atoms with van der Waals surface area (Å²) in [6.07, 6.45) is 5.77. The number of hydrogen-bond acceptors (Lipinski definition) is 4. The summed E-state index contributed by atoms with van der Waals surface area (Å²) < 4.78 is 24.5. The lowest BCUT2D eigenvalue weighted by molar-refractivity contribution is -0.121. The van der Waals surface area contributed by atoms with Crippen LogP contribution in [0, 0.1) is 5.82 Å². The number of ether oxygens (including phenoxy) is 2. The highest BCUT2D eigenvalue weighted by molar-refractivity contribution is 5.76. The van der Waals surface area contributed by atoms with Crippen molar-refractivity contribution in [2.24, 2.45) is 0 Å². The zero-order valence-electron chi connectivity index (χ0n) is 28.3. The Bertz CT molecular complexity index is 1540. The molecule has 4 aromatic carbocycles. The maximum Gasteiger partial charge on any atom is 0.220 e. The first kappa shape index (κ1) is 34.2. The molecule has 0 saturated heterocycles. The number of carbonyl (C=O) groups excluding carboxylic acids is 1. The Morgan fingerprint density at radius 2 is 1.45 bits per heavy atom. The van der Waals surface area contributed by atoms with Crippen LogP contribution in [-0.4, -0.2) is 44.2 Å². The monoisotopic (exact) mass is 636 g/mol. The van der Waals surface area contributed by atoms with Gasteiger partial charge in [-0.2, -0.15) is 0 Å². The van der Waals surface area contributed by atoms with Crippen molar-refractivity contribution in [3.05, 3.63) is 131 Å². The molecule has 4 aromatic rings. The predicted molar refractivity (Wildman–Crippen MR) is 188 cm³/mol. The lowest BCUT2D eigenvalue weighted by atomic mass is 9.68. The van der Waals surface area contributed by atoms with E-state index in [1.165, 1.54) is 34.4 Å². The zero-order chi connectivity index (χ0) is 33.2. The van der Waals surface area contributed by atoms with Crippen molar-refractivity contribution in [2.45, 2.75) is 76.3 Å². The number of halogens is 1. The van der Waals surface area contributed by atoms with E-state index in [0.29, 0.717) is 25.4 Å². The summed E-state index contributed by atoms with van der Waals surface area (Å²) in [5.74, 6) is 1.34. The average Bonchev–Trinajstić information content (AvgIpc) is 3.10. The minimum absolute atomic E-state index is 0.0296. The van der Waals surface area contributed by atoms with E-state index >= 15 is 0 Å². The normalized spacial score (nSPS) is 16.4. The molecule has 0 spiro atoms. The van der Waals surface area contributed by atoms with Gasteiger partial charge in [0.25, 0.3) is 0 Å². The molecular weight excluding hydrogens is 587 g/mol. The molecule has 47 heavy (non-hydrogen) atoms. The quantitative estimate of drug-likeness (QED) is 0.133. The van der Waals surface area contributed by atoms with Gasteiger partial charge in [-0.05, 0) is 111 Å². The van der Waals surface area contributed by atoms with E-state index in [0.717, 1.165) is 55.7 Å². The van der Waals surface area contributed by atoms with Crippen LogP contribution < -0.4 is 14.8 Å². The molecule has 5 nitrogen and oxygen atoms in total. The van der Waals surface area contributed by atoms with Crippen molar-refractivity contribution in [1.29, 1.82) is 0 Å². The van der Waals surface area contributed by atoms with Gasteiger partial charge in [0.2, 0.25) is 5.91 Å². The molecule has 1 N–H and O–H groups in total. The molecule has 2 atom stereocenters. The van der Waals surface area contributed by atoms with Gasteiger partial charge in [-0.3, -0.25) is 9.69 Å². The summed E-state index contributed by atoms with van der Waals surface area (Å²) in [5.41, 5.74) is 6.06. The number of methoxy groups -OCH3 is 2. The standard InChI is InChI=1S/C41H49FN2O3/c1-30-27-33-28-38(46-3)39(47-4)29-37(33)31(2)44(30)26-12-24-41(34-13-7-5-8-14-34,35-15-9-6-10-16-35)23-11-25-43-40(45)22-19-32-17-20-36(42)21-18-32/h5-10,13-18,20-21,28-31H,11-12,19,22-27H2,1-4H3,(H,43,45). The molecule has 6 heteroatoms. The largest absolute Gasteiger partial charge is 0.493 e. The molecule has 1 amide bonds. The van der Waals surface area contributed by atoms with Gasteiger partial charge >= 0.3 is 0 Å². The molecule has 1 heterocycles. The molecular formula is C41H49FN2O3. The van der Waals surface area contributed by atoms with Crippen LogP contribution in [-0.2, 0) is 23.1 Å². The van der Waals surface area contributed by atoms with Gasteiger partial charge in [-0.1, -0.05) is 72.8 Å². The second-order valence-corrected chi connectivity index (χ2v) is 12.9. The molecule has 1 aliphatic heterocycles. The topological polar surface area (TPSA) is 50.8 Å². The number of benzene rings is 4. The van der Waals surface area contributed by atoms with E-state index < -0.39 is 0 Å². The van der Waals surface area contributed by atoms with Crippen LogP contribution in [0.4, 0.5) is 4.39 Å². The van der Waals surface area contributed by atoms with Gasteiger partial charge in [-0.15, -0.1) is 0 Å². The number of fused-ring (bicyclic) bond motifs is 1. The van der Waals surface area contributed by atoms with Crippen molar-refractivity contribution in [1.82, 2.24) is 10.2 Å². The fourth-order valence-corrected chi connectivity index (χ4v) is 7.47. The van der Waals surface area contributed by atoms with Crippen LogP contribution in [0.2, 0.25) is 0 Å². The fourth-order valence-electron chi connectivity index (χ4n) is 7.47. The van der Waals surface area contributed by atoms with Crippen molar-refractivity contribution in [3.8, 4) is 11.5 Å². The highest BCUT2D eigenvalue weighted by Crippen LogP contribution is 2.43. The van der Waals surface area contributed by atoms with Crippen LogP contribution in [0.25, 0.3) is 0 Å². The lowest BCUT2D eigenvalue weighted by Crippen LogP contribution is -2.42. The van der Waals surface area contributed by atoms with Gasteiger partial charge in [-0.25, -0.2) is 4.39 Å². The summed E-state index contributed by atoms with van der Waals surface area (Å²) in [5, 5.41) is 3.15. The second-order valence-electron chi connectivity index (χ2n) is 12.9. The molecule has 2 unspecified atom stereocenters. The van der Waals surface area contributed by atoms with Crippen LogP contribution in [0.1, 0.15) is 79.8 Å². The zero-order valence-corrected chi connectivity index (χ0v) is 28.3. The highest BCUT2D eigenvalue weighted by atomic mass is 19.1. The van der Waals surface area contributed by atoms with E-state index in [1.807, 2.05) is 0 Å². The first-order valence-electron chi connectivity index (χ1n) is 17.0. The molecule has 0 aromatic heterocycles. The Balaban J connectivity index is 1.29. The number of hydrogen-bond donors (Lipinski definition) is 1. The average molecular weight is 637 g/mol. The predicted octanol–water partition coefficient (Wildman–Crippen LogP) is 8.45. The van der Waals surface area contributed by atoms with Crippen LogP contribution in [0.5, 0.6) is 11.5 Å². The molecule has 0 radical (unpaired) electrons. The molecule has 248 valence electrons. The van der Waals surface area contributed by atoms with Crippen LogP contribution in [0.3, 0.4) is 0 Å². The van der Waals surface area contributed by atoms with Gasteiger partial charge in [0.05, 0.1) is 14.2 Å². The number of nitrogens with zero attached hydrogens (tertiary/aromatic N) is 1. The summed E-state index contributed by atoms with van der Waals surface area (Å²) in [6, 6.07) is 33.1. The Labute approximate surface area is 280 Å². The molecule has 5 rings (SSSR count). The SMILES string of the molecule is COc1cc2c(cc1OC)C(C)N(CCCC(CCCNC(=O)CCc1ccc(F)cc1)(c1ccccc1)c1ccccc1)C(C)C2. The van der Waals surface area contributed by atoms with Gasteiger partial charge in [0.15, 0.2) is 11.5 Å². The van der Waals surface area contributed by atoms with Crippen LogP contribution in [0.15, 0.2) is 97.1 Å². The van der Waals surface area contributed by atoms with E-state index in [-0.39, 0.29) is 23.2 Å². The summed E-state index contributed by atoms with van der Waals surface area (Å²) in [7, 11) is 3.40. The minimum atomic E-state index is -0.259. The molecule has 0 bridgehead atoms. The fraction of sp³-hybridized carbons (Fsp3) is 0.390. The van der Waals surface area contributed by atoms with Gasteiger partial charge in [0.1, 0.15) is 5.82 Å². The summed E-state index contributed by atoms with van der Waals surface area (Å²) in [4.78, 5) is 15.3. The van der Waals surface area contributed by atoms with Crippen molar-refractivity contribution in [2.75, 3.05) is 27.3 Å². The van der Waals surface area contributed by atoms with E-state index in [4.69, 9.17) is 9.47 Å². The van der Waals surface area contributed by atoms with Gasteiger partial charge in [0, 0.05) is 30.5 Å². The van der Waals surface area contributed by atoms with E-state index in [2.05, 4.69) is 96.9 Å². The molecule has 0 aliphatic carbocycles. The summed E-state index contributed by atoms with van der Waals surface area (Å²) in [6.45, 7) is 6.24. The first-order chi connectivity index (χ1) is 22.8. The number of carbonyl (C=O) groups is 1. The molecule has 0 fully saturated rings. The third kappa shape index (κ3) is 8.23. The molecule has 0 saturated carbocycles. The highest BCUT2D eigenvalue weighted by Gasteiger charge is 2.35. The Kier molecular flexibility index (Phi) is 11.7. The Morgan fingerprint density at radius 3 is 2.06 bits per heavy atom.